The van der Waals surface area contributed by atoms with Crippen molar-refractivity contribution in [3.63, 3.8) is 0 Å². The van der Waals surface area contributed by atoms with Crippen molar-refractivity contribution in [2.45, 2.75) is 37.2 Å². The number of carbonyl (C=O) groups is 1. The number of halogens is 1. The molecule has 1 unspecified atom stereocenters. The molecule has 5 rings (SSSR count). The number of anilines is 1. The Morgan fingerprint density at radius 2 is 1.86 bits per heavy atom. The van der Waals surface area contributed by atoms with E-state index in [4.69, 9.17) is 16.6 Å². The van der Waals surface area contributed by atoms with Crippen LogP contribution in [-0.4, -0.2) is 36.2 Å². The lowest BCUT2D eigenvalue weighted by atomic mass is 10.1. The van der Waals surface area contributed by atoms with Crippen LogP contribution in [0, 0.1) is 6.92 Å². The first-order valence-electron chi connectivity index (χ1n) is 11.3. The van der Waals surface area contributed by atoms with Gasteiger partial charge in [0.1, 0.15) is 6.04 Å². The van der Waals surface area contributed by atoms with Crippen LogP contribution in [0.2, 0.25) is 5.02 Å². The minimum Gasteiger partial charge on any atom is -0.282 e. The van der Waals surface area contributed by atoms with E-state index in [0.29, 0.717) is 36.1 Å². The largest absolute Gasteiger partial charge is 0.282 e. The average Bonchev–Trinajstić information content (AvgIpc) is 3.50. The number of hydrogen-bond donors (Lipinski definition) is 0. The topological polar surface area (TPSA) is 70.6 Å². The first-order valence-corrected chi connectivity index (χ1v) is 14.0. The third kappa shape index (κ3) is 4.84. The molecular weight excluding hydrogens is 502 g/mol. The summed E-state index contributed by atoms with van der Waals surface area (Å²) in [5.41, 5.74) is 2.88. The number of sulfonamides is 1. The van der Waals surface area contributed by atoms with Crippen molar-refractivity contribution in [3.8, 4) is 0 Å². The molecule has 35 heavy (non-hydrogen) atoms. The number of rotatable bonds is 6. The van der Waals surface area contributed by atoms with E-state index in [9.17, 15) is 13.2 Å². The fourth-order valence-electron chi connectivity index (χ4n) is 4.34. The number of amides is 1. The summed E-state index contributed by atoms with van der Waals surface area (Å²) >= 11 is 7.40. The number of carbonyl (C=O) groups excluding carboxylic acids is 1. The summed E-state index contributed by atoms with van der Waals surface area (Å²) in [6, 6.07) is 20.9. The number of fused-ring (bicyclic) bond motifs is 1. The second-order valence-electron chi connectivity index (χ2n) is 8.61. The Bertz CT molecular complexity index is 1470. The van der Waals surface area contributed by atoms with Gasteiger partial charge >= 0.3 is 0 Å². The van der Waals surface area contributed by atoms with Crippen molar-refractivity contribution < 1.29 is 13.2 Å². The lowest BCUT2D eigenvalue weighted by molar-refractivity contribution is -0.121. The maximum atomic E-state index is 14.0. The average molecular weight is 526 g/mol. The molecular formula is C26H24ClN3O3S2. The van der Waals surface area contributed by atoms with Gasteiger partial charge in [-0.3, -0.25) is 9.69 Å². The van der Waals surface area contributed by atoms with Crippen LogP contribution in [0.5, 0.6) is 0 Å². The Morgan fingerprint density at radius 1 is 1.11 bits per heavy atom. The van der Waals surface area contributed by atoms with Gasteiger partial charge in [-0.25, -0.2) is 13.4 Å². The van der Waals surface area contributed by atoms with E-state index >= 15 is 0 Å². The normalized spacial score (nSPS) is 16.6. The van der Waals surface area contributed by atoms with Crippen LogP contribution in [-0.2, 0) is 21.4 Å². The number of thiazole rings is 1. The number of nitrogens with zero attached hydrogens (tertiary/aromatic N) is 3. The number of benzene rings is 3. The van der Waals surface area contributed by atoms with E-state index in [1.165, 1.54) is 27.8 Å². The molecule has 1 fully saturated rings. The van der Waals surface area contributed by atoms with E-state index in [-0.39, 0.29) is 10.8 Å². The Kier molecular flexibility index (Phi) is 6.63. The molecule has 1 aliphatic rings. The van der Waals surface area contributed by atoms with Gasteiger partial charge in [0.25, 0.3) is 0 Å². The van der Waals surface area contributed by atoms with Crippen LogP contribution >= 0.6 is 22.9 Å². The van der Waals surface area contributed by atoms with Crippen LogP contribution in [0.1, 0.15) is 24.0 Å². The molecule has 0 aliphatic carbocycles. The highest BCUT2D eigenvalue weighted by molar-refractivity contribution is 7.89. The van der Waals surface area contributed by atoms with Crippen molar-refractivity contribution in [2.75, 3.05) is 11.4 Å². The van der Waals surface area contributed by atoms with Crippen molar-refractivity contribution in [2.24, 2.45) is 0 Å². The van der Waals surface area contributed by atoms with Crippen LogP contribution < -0.4 is 4.90 Å². The maximum Gasteiger partial charge on any atom is 0.247 e. The van der Waals surface area contributed by atoms with Gasteiger partial charge in [0.15, 0.2) is 5.13 Å². The first-order chi connectivity index (χ1) is 16.8. The molecule has 0 spiro atoms. The van der Waals surface area contributed by atoms with Gasteiger partial charge in [-0.1, -0.05) is 59.3 Å². The summed E-state index contributed by atoms with van der Waals surface area (Å²) in [7, 11) is -3.86. The van der Waals surface area contributed by atoms with E-state index in [0.717, 1.165) is 21.3 Å². The van der Waals surface area contributed by atoms with Crippen molar-refractivity contribution in [3.05, 3.63) is 88.9 Å². The summed E-state index contributed by atoms with van der Waals surface area (Å²) < 4.78 is 29.2. The van der Waals surface area contributed by atoms with Crippen LogP contribution in [0.3, 0.4) is 0 Å². The first kappa shape index (κ1) is 23.9. The minimum atomic E-state index is -3.86. The molecule has 0 radical (unpaired) electrons. The third-order valence-corrected chi connectivity index (χ3v) is 9.34. The fraction of sp³-hybridized carbons (Fsp3) is 0.231. The minimum absolute atomic E-state index is 0.131. The van der Waals surface area contributed by atoms with E-state index < -0.39 is 16.1 Å². The lowest BCUT2D eigenvalue weighted by Crippen LogP contribution is -2.47. The van der Waals surface area contributed by atoms with Crippen LogP contribution in [0.25, 0.3) is 10.2 Å². The van der Waals surface area contributed by atoms with E-state index in [1.807, 2.05) is 49.4 Å². The van der Waals surface area contributed by atoms with Gasteiger partial charge in [0.05, 0.1) is 21.7 Å². The van der Waals surface area contributed by atoms with Gasteiger partial charge in [0, 0.05) is 11.6 Å². The van der Waals surface area contributed by atoms with Gasteiger partial charge in [0.2, 0.25) is 15.9 Å². The Balaban J connectivity index is 1.52. The van der Waals surface area contributed by atoms with E-state index in [1.54, 1.807) is 17.0 Å². The molecule has 6 nitrogen and oxygen atoms in total. The predicted molar refractivity (Wildman–Crippen MR) is 140 cm³/mol. The van der Waals surface area contributed by atoms with Gasteiger partial charge in [-0.15, -0.1) is 0 Å². The molecule has 180 valence electrons. The summed E-state index contributed by atoms with van der Waals surface area (Å²) in [6.45, 7) is 2.62. The molecule has 1 amide bonds. The predicted octanol–water partition coefficient (Wildman–Crippen LogP) is 5.64. The van der Waals surface area contributed by atoms with E-state index in [2.05, 4.69) is 6.07 Å². The molecule has 0 saturated carbocycles. The standard InChI is InChI=1S/C26H24ClN3O3S2/c1-18-9-14-22-24(16-18)34-26(28-22)29(17-19-6-3-2-4-7-19)25(31)23-8-5-15-30(23)35(32,33)21-12-10-20(27)11-13-21/h2-4,6-7,9-14,16,23H,5,8,15,17H2,1H3. The summed E-state index contributed by atoms with van der Waals surface area (Å²) in [5.74, 6) is -0.264. The molecule has 1 aliphatic heterocycles. The number of aromatic nitrogens is 1. The summed E-state index contributed by atoms with van der Waals surface area (Å²) in [5, 5.41) is 1.02. The molecule has 0 N–H and O–H groups in total. The molecule has 2 heterocycles. The molecule has 0 bridgehead atoms. The zero-order valence-corrected chi connectivity index (χ0v) is 21.5. The highest BCUT2D eigenvalue weighted by Gasteiger charge is 2.42. The molecule has 3 aromatic carbocycles. The second-order valence-corrected chi connectivity index (χ2v) is 11.9. The Labute approximate surface area is 213 Å². The second kappa shape index (κ2) is 9.70. The van der Waals surface area contributed by atoms with Gasteiger partial charge < -0.3 is 0 Å². The molecule has 1 aromatic heterocycles. The van der Waals surface area contributed by atoms with Gasteiger partial charge in [-0.05, 0) is 67.3 Å². The Morgan fingerprint density at radius 3 is 2.60 bits per heavy atom. The van der Waals surface area contributed by atoms with Crippen LogP contribution in [0.4, 0.5) is 5.13 Å². The highest BCUT2D eigenvalue weighted by Crippen LogP contribution is 2.34. The SMILES string of the molecule is Cc1ccc2nc(N(Cc3ccccc3)C(=O)C3CCCN3S(=O)(=O)c3ccc(Cl)cc3)sc2c1. The summed E-state index contributed by atoms with van der Waals surface area (Å²) in [6.07, 6.45) is 1.07. The monoisotopic (exact) mass is 525 g/mol. The van der Waals surface area contributed by atoms with Crippen LogP contribution in [0.15, 0.2) is 77.7 Å². The lowest BCUT2D eigenvalue weighted by Gasteiger charge is -2.28. The maximum absolute atomic E-state index is 14.0. The quantitative estimate of drug-likeness (QED) is 0.326. The number of aryl methyl sites for hydroxylation is 1. The zero-order valence-electron chi connectivity index (χ0n) is 19.1. The van der Waals surface area contributed by atoms with Crippen molar-refractivity contribution in [1.29, 1.82) is 0 Å². The third-order valence-electron chi connectivity index (χ3n) is 6.12. The highest BCUT2D eigenvalue weighted by atomic mass is 35.5. The molecule has 1 atom stereocenters. The summed E-state index contributed by atoms with van der Waals surface area (Å²) in [4.78, 5) is 20.5. The molecule has 1 saturated heterocycles. The van der Waals surface area contributed by atoms with Gasteiger partial charge in [-0.2, -0.15) is 4.31 Å². The fourth-order valence-corrected chi connectivity index (χ4v) is 7.18. The Hall–Kier alpha value is -2.78. The zero-order chi connectivity index (χ0) is 24.6. The van der Waals surface area contributed by atoms with Crippen molar-refractivity contribution >= 4 is 54.2 Å². The molecule has 4 aromatic rings. The number of hydrogen-bond acceptors (Lipinski definition) is 5. The molecule has 9 heteroatoms. The smallest absolute Gasteiger partial charge is 0.247 e. The van der Waals surface area contributed by atoms with Crippen molar-refractivity contribution in [1.82, 2.24) is 9.29 Å².